The average molecular weight is 407 g/mol. The van der Waals surface area contributed by atoms with Crippen LogP contribution in [0, 0.1) is 17.5 Å². The Hall–Kier alpha value is -2.94. The van der Waals surface area contributed by atoms with Gasteiger partial charge in [-0.3, -0.25) is 0 Å². The van der Waals surface area contributed by atoms with Crippen LogP contribution in [0.1, 0.15) is 12.5 Å². The fourth-order valence-electron chi connectivity index (χ4n) is 2.52. The average Bonchev–Trinajstić information content (AvgIpc) is 2.64. The van der Waals surface area contributed by atoms with Crippen LogP contribution in [0.5, 0.6) is 0 Å². The molecule has 146 valence electrons. The molecule has 0 bridgehead atoms. The molecule has 3 rings (SSSR count). The summed E-state index contributed by atoms with van der Waals surface area (Å²) in [4.78, 5) is 7.79. The number of anilines is 2. The number of nitrogens with one attached hydrogen (secondary N) is 1. The molecule has 0 amide bonds. The number of hydrogen-bond donors (Lipinski definition) is 1. The fraction of sp³-hybridized carbons (Fsp3) is 0.158. The summed E-state index contributed by atoms with van der Waals surface area (Å²) in [6.45, 7) is 1.57. The molecule has 0 aliphatic heterocycles. The van der Waals surface area contributed by atoms with Gasteiger partial charge in [-0.2, -0.15) is 0 Å². The number of benzene rings is 2. The summed E-state index contributed by atoms with van der Waals surface area (Å²) in [6, 6.07) is 9.34. The van der Waals surface area contributed by atoms with Crippen molar-refractivity contribution in [2.45, 2.75) is 12.7 Å². The highest BCUT2D eigenvalue weighted by Gasteiger charge is 2.15. The van der Waals surface area contributed by atoms with E-state index < -0.39 is 27.3 Å². The molecule has 3 aromatic rings. The third-order valence-corrected chi connectivity index (χ3v) is 5.59. The van der Waals surface area contributed by atoms with E-state index in [2.05, 4.69) is 15.3 Å². The first-order valence-electron chi connectivity index (χ1n) is 8.32. The molecule has 0 aliphatic carbocycles. The third kappa shape index (κ3) is 4.66. The third-order valence-electron chi connectivity index (χ3n) is 3.94. The Labute approximate surface area is 160 Å². The SMILES string of the molecule is CCS(=O)(=O)Cc1cccc(Nc2ncc(F)c(-c3ccc(F)cc3F)n2)c1. The van der Waals surface area contributed by atoms with Gasteiger partial charge in [0.2, 0.25) is 5.95 Å². The predicted octanol–water partition coefficient (Wildman–Crippen LogP) is 4.24. The highest BCUT2D eigenvalue weighted by atomic mass is 32.2. The standard InChI is InChI=1S/C19H16F3N3O2S/c1-2-28(26,27)11-12-4-3-5-14(8-12)24-19-23-10-17(22)18(25-19)15-7-6-13(20)9-16(15)21/h3-10H,2,11H2,1H3,(H,23,24,25). The summed E-state index contributed by atoms with van der Waals surface area (Å²) in [5.41, 5.74) is 0.534. The second-order valence-electron chi connectivity index (χ2n) is 6.02. The van der Waals surface area contributed by atoms with Crippen molar-refractivity contribution in [1.29, 1.82) is 0 Å². The van der Waals surface area contributed by atoms with Crippen molar-refractivity contribution < 1.29 is 21.6 Å². The molecule has 0 saturated heterocycles. The van der Waals surface area contributed by atoms with Crippen molar-refractivity contribution in [3.05, 3.63) is 71.7 Å². The highest BCUT2D eigenvalue weighted by Crippen LogP contribution is 2.26. The number of nitrogens with zero attached hydrogens (tertiary/aromatic N) is 2. The van der Waals surface area contributed by atoms with Gasteiger partial charge in [0.05, 0.1) is 11.9 Å². The molecule has 0 atom stereocenters. The minimum Gasteiger partial charge on any atom is -0.324 e. The van der Waals surface area contributed by atoms with Gasteiger partial charge in [-0.1, -0.05) is 19.1 Å². The highest BCUT2D eigenvalue weighted by molar-refractivity contribution is 7.90. The van der Waals surface area contributed by atoms with Crippen LogP contribution in [0.3, 0.4) is 0 Å². The second-order valence-corrected chi connectivity index (χ2v) is 8.37. The molecular weight excluding hydrogens is 391 g/mol. The molecule has 1 heterocycles. The minimum absolute atomic E-state index is 0.0179. The van der Waals surface area contributed by atoms with Crippen molar-refractivity contribution in [3.63, 3.8) is 0 Å². The van der Waals surface area contributed by atoms with E-state index >= 15 is 0 Å². The van der Waals surface area contributed by atoms with Gasteiger partial charge in [-0.25, -0.2) is 31.6 Å². The zero-order chi connectivity index (χ0) is 20.3. The minimum atomic E-state index is -3.20. The van der Waals surface area contributed by atoms with Crippen LogP contribution in [0.25, 0.3) is 11.3 Å². The monoisotopic (exact) mass is 407 g/mol. The Kier molecular flexibility index (Phi) is 5.64. The largest absolute Gasteiger partial charge is 0.324 e. The number of rotatable bonds is 6. The second kappa shape index (κ2) is 7.97. The van der Waals surface area contributed by atoms with Crippen LogP contribution in [0.4, 0.5) is 24.8 Å². The maximum Gasteiger partial charge on any atom is 0.227 e. The Morgan fingerprint density at radius 2 is 1.82 bits per heavy atom. The molecule has 1 aromatic heterocycles. The van der Waals surface area contributed by atoms with Gasteiger partial charge in [0.25, 0.3) is 0 Å². The first kappa shape index (κ1) is 19.8. The molecule has 28 heavy (non-hydrogen) atoms. The number of sulfone groups is 1. The number of halogens is 3. The smallest absolute Gasteiger partial charge is 0.227 e. The zero-order valence-corrected chi connectivity index (χ0v) is 15.6. The summed E-state index contributed by atoms with van der Waals surface area (Å²) < 4.78 is 64.7. The zero-order valence-electron chi connectivity index (χ0n) is 14.8. The van der Waals surface area contributed by atoms with E-state index in [4.69, 9.17) is 0 Å². The summed E-state index contributed by atoms with van der Waals surface area (Å²) in [7, 11) is -3.20. The lowest BCUT2D eigenvalue weighted by atomic mass is 10.1. The lowest BCUT2D eigenvalue weighted by Crippen LogP contribution is -2.07. The van der Waals surface area contributed by atoms with E-state index in [9.17, 15) is 21.6 Å². The van der Waals surface area contributed by atoms with E-state index in [1.54, 1.807) is 31.2 Å². The van der Waals surface area contributed by atoms with Crippen LogP contribution in [-0.4, -0.2) is 24.1 Å². The quantitative estimate of drug-likeness (QED) is 0.662. The molecule has 5 nitrogen and oxygen atoms in total. The number of aromatic nitrogens is 2. The molecule has 0 unspecified atom stereocenters. The molecular formula is C19H16F3N3O2S. The molecule has 0 fully saturated rings. The van der Waals surface area contributed by atoms with Gasteiger partial charge in [0.15, 0.2) is 15.7 Å². The molecule has 2 aromatic carbocycles. The Balaban J connectivity index is 1.90. The van der Waals surface area contributed by atoms with E-state index in [1.807, 2.05) is 0 Å². The van der Waals surface area contributed by atoms with Crippen LogP contribution >= 0.6 is 0 Å². The van der Waals surface area contributed by atoms with Crippen molar-refractivity contribution >= 4 is 21.5 Å². The first-order chi connectivity index (χ1) is 13.3. The first-order valence-corrected chi connectivity index (χ1v) is 10.1. The Morgan fingerprint density at radius 1 is 1.04 bits per heavy atom. The maximum atomic E-state index is 14.1. The predicted molar refractivity (Wildman–Crippen MR) is 100 cm³/mol. The molecule has 0 saturated carbocycles. The topological polar surface area (TPSA) is 72.0 Å². The number of hydrogen-bond acceptors (Lipinski definition) is 5. The van der Waals surface area contributed by atoms with Crippen molar-refractivity contribution in [2.75, 3.05) is 11.1 Å². The van der Waals surface area contributed by atoms with Crippen molar-refractivity contribution in [3.8, 4) is 11.3 Å². The van der Waals surface area contributed by atoms with Gasteiger partial charge in [-0.05, 0) is 29.8 Å². The van der Waals surface area contributed by atoms with Gasteiger partial charge >= 0.3 is 0 Å². The van der Waals surface area contributed by atoms with E-state index in [0.717, 1.165) is 18.3 Å². The van der Waals surface area contributed by atoms with Gasteiger partial charge < -0.3 is 5.32 Å². The van der Waals surface area contributed by atoms with Crippen LogP contribution in [0.2, 0.25) is 0 Å². The Morgan fingerprint density at radius 3 is 2.54 bits per heavy atom. The maximum absolute atomic E-state index is 14.1. The van der Waals surface area contributed by atoms with Gasteiger partial charge in [0.1, 0.15) is 17.3 Å². The summed E-state index contributed by atoms with van der Waals surface area (Å²) in [6.07, 6.45) is 0.874. The Bertz CT molecular complexity index is 1120. The van der Waals surface area contributed by atoms with Crippen molar-refractivity contribution in [1.82, 2.24) is 9.97 Å². The normalized spacial score (nSPS) is 11.4. The lowest BCUT2D eigenvalue weighted by Gasteiger charge is -2.10. The molecule has 0 radical (unpaired) electrons. The van der Waals surface area contributed by atoms with Crippen LogP contribution < -0.4 is 5.32 Å². The lowest BCUT2D eigenvalue weighted by molar-refractivity contribution is 0.580. The van der Waals surface area contributed by atoms with E-state index in [0.29, 0.717) is 17.3 Å². The molecule has 0 spiro atoms. The fourth-order valence-corrected chi connectivity index (χ4v) is 3.41. The van der Waals surface area contributed by atoms with E-state index in [1.165, 1.54) is 0 Å². The summed E-state index contributed by atoms with van der Waals surface area (Å²) in [5, 5.41) is 2.84. The molecule has 1 N–H and O–H groups in total. The summed E-state index contributed by atoms with van der Waals surface area (Å²) >= 11 is 0. The van der Waals surface area contributed by atoms with Gasteiger partial charge in [-0.15, -0.1) is 0 Å². The summed E-state index contributed by atoms with van der Waals surface area (Å²) in [5.74, 6) is -2.70. The van der Waals surface area contributed by atoms with Crippen LogP contribution in [-0.2, 0) is 15.6 Å². The molecule has 0 aliphatic rings. The van der Waals surface area contributed by atoms with Crippen LogP contribution in [0.15, 0.2) is 48.7 Å². The van der Waals surface area contributed by atoms with Gasteiger partial charge in [0, 0.05) is 23.1 Å². The molecule has 9 heteroatoms. The van der Waals surface area contributed by atoms with E-state index in [-0.39, 0.29) is 28.7 Å². The van der Waals surface area contributed by atoms with Crippen molar-refractivity contribution in [2.24, 2.45) is 0 Å².